The molecule has 0 saturated heterocycles. The van der Waals surface area contributed by atoms with Crippen molar-refractivity contribution in [1.82, 2.24) is 15.0 Å². The van der Waals surface area contributed by atoms with E-state index in [1.165, 1.54) is 6.07 Å². The third-order valence-electron chi connectivity index (χ3n) is 4.18. The first-order chi connectivity index (χ1) is 13.2. The number of fused-ring (bicyclic) bond motifs is 1. The number of nitro benzene ring substituents is 1. The Hall–Kier alpha value is -3.98. The van der Waals surface area contributed by atoms with Crippen molar-refractivity contribution in [3.05, 3.63) is 100 Å². The largest absolute Gasteiger partial charge is 0.275 e. The van der Waals surface area contributed by atoms with Crippen molar-refractivity contribution in [2.75, 3.05) is 0 Å². The van der Waals surface area contributed by atoms with Gasteiger partial charge in [0.1, 0.15) is 11.6 Å². The molecule has 0 aliphatic rings. The number of nitro groups is 1. The number of hydrogen-bond acceptors (Lipinski definition) is 4. The smallest absolute Gasteiger partial charge is 0.258 e. The van der Waals surface area contributed by atoms with E-state index in [1.807, 2.05) is 54.6 Å². The van der Waals surface area contributed by atoms with E-state index in [2.05, 4.69) is 22.2 Å². The lowest BCUT2D eigenvalue weighted by Gasteiger charge is -2.12. The van der Waals surface area contributed by atoms with Crippen molar-refractivity contribution in [3.63, 3.8) is 0 Å². The van der Waals surface area contributed by atoms with Crippen LogP contribution in [0, 0.1) is 22.0 Å². The molecule has 4 aromatic rings. The summed E-state index contributed by atoms with van der Waals surface area (Å²) in [6.07, 6.45) is 0. The molecule has 130 valence electrons. The molecule has 0 radical (unpaired) electrons. The first kappa shape index (κ1) is 16.5. The van der Waals surface area contributed by atoms with Crippen molar-refractivity contribution < 1.29 is 4.92 Å². The highest BCUT2D eigenvalue weighted by atomic mass is 16.6. The van der Waals surface area contributed by atoms with Crippen LogP contribution in [0.1, 0.15) is 17.2 Å². The molecule has 0 aliphatic heterocycles. The fraction of sp³-hybridized carbons (Fsp3) is 0.0476. The summed E-state index contributed by atoms with van der Waals surface area (Å²) in [5.41, 5.74) is 2.78. The Bertz CT molecular complexity index is 1170. The van der Waals surface area contributed by atoms with Gasteiger partial charge in [-0.2, -0.15) is 0 Å². The van der Waals surface area contributed by atoms with Gasteiger partial charge in [0.2, 0.25) is 0 Å². The van der Waals surface area contributed by atoms with Crippen molar-refractivity contribution in [2.45, 2.75) is 6.04 Å². The molecule has 0 fully saturated rings. The van der Waals surface area contributed by atoms with Crippen LogP contribution in [0.15, 0.2) is 78.9 Å². The minimum Gasteiger partial charge on any atom is -0.258 e. The summed E-state index contributed by atoms with van der Waals surface area (Å²) in [7, 11) is 0. The number of rotatable bonds is 3. The van der Waals surface area contributed by atoms with Gasteiger partial charge in [0.25, 0.3) is 5.69 Å². The summed E-state index contributed by atoms with van der Waals surface area (Å²) in [6.45, 7) is 0. The average molecular weight is 354 g/mol. The summed E-state index contributed by atoms with van der Waals surface area (Å²) in [5.74, 6) is 6.25. The maximum absolute atomic E-state index is 11.5. The highest BCUT2D eigenvalue weighted by molar-refractivity contribution is 5.74. The van der Waals surface area contributed by atoms with E-state index in [4.69, 9.17) is 0 Å². The normalized spacial score (nSPS) is 11.6. The molecule has 6 heteroatoms. The molecule has 1 unspecified atom stereocenters. The molecule has 0 spiro atoms. The zero-order chi connectivity index (χ0) is 18.6. The molecule has 27 heavy (non-hydrogen) atoms. The van der Waals surface area contributed by atoms with E-state index in [1.54, 1.807) is 22.9 Å². The zero-order valence-corrected chi connectivity index (χ0v) is 14.2. The minimum atomic E-state index is -0.640. The Morgan fingerprint density at radius 3 is 2.44 bits per heavy atom. The fourth-order valence-corrected chi connectivity index (χ4v) is 2.91. The van der Waals surface area contributed by atoms with E-state index in [9.17, 15) is 10.1 Å². The van der Waals surface area contributed by atoms with Gasteiger partial charge in [-0.25, -0.2) is 4.68 Å². The van der Waals surface area contributed by atoms with Gasteiger partial charge in [0.15, 0.2) is 0 Å². The van der Waals surface area contributed by atoms with Crippen molar-refractivity contribution in [1.29, 1.82) is 0 Å². The lowest BCUT2D eigenvalue weighted by Crippen LogP contribution is -2.12. The molecule has 1 aromatic heterocycles. The molecule has 4 rings (SSSR count). The number of benzene rings is 3. The van der Waals surface area contributed by atoms with Crippen LogP contribution in [0.5, 0.6) is 0 Å². The Labute approximate surface area is 155 Å². The van der Waals surface area contributed by atoms with Crippen LogP contribution < -0.4 is 0 Å². The first-order valence-electron chi connectivity index (χ1n) is 8.34. The Kier molecular flexibility index (Phi) is 4.33. The SMILES string of the molecule is O=[N+]([O-])c1ccccc1C(C#Cc1ccccc1)n1nnc2ccccc21. The van der Waals surface area contributed by atoms with Crippen molar-refractivity contribution in [3.8, 4) is 11.8 Å². The summed E-state index contributed by atoms with van der Waals surface area (Å²) in [5, 5.41) is 19.9. The van der Waals surface area contributed by atoms with Gasteiger partial charge in [-0.05, 0) is 30.3 Å². The predicted molar refractivity (Wildman–Crippen MR) is 102 cm³/mol. The minimum absolute atomic E-state index is 0.00411. The maximum atomic E-state index is 11.5. The second kappa shape index (κ2) is 7.10. The fourth-order valence-electron chi connectivity index (χ4n) is 2.91. The zero-order valence-electron chi connectivity index (χ0n) is 14.2. The molecule has 0 N–H and O–H groups in total. The summed E-state index contributed by atoms with van der Waals surface area (Å²) < 4.78 is 1.63. The molecule has 0 bridgehead atoms. The van der Waals surface area contributed by atoms with Crippen molar-refractivity contribution >= 4 is 16.7 Å². The Balaban J connectivity index is 1.91. The average Bonchev–Trinajstić information content (AvgIpc) is 3.13. The molecule has 6 nitrogen and oxygen atoms in total. The van der Waals surface area contributed by atoms with E-state index >= 15 is 0 Å². The van der Waals surface area contributed by atoms with Crippen molar-refractivity contribution in [2.24, 2.45) is 0 Å². The van der Waals surface area contributed by atoms with E-state index in [-0.39, 0.29) is 5.69 Å². The van der Waals surface area contributed by atoms with Gasteiger partial charge < -0.3 is 0 Å². The lowest BCUT2D eigenvalue weighted by molar-refractivity contribution is -0.385. The third-order valence-corrected chi connectivity index (χ3v) is 4.18. The molecule has 0 aliphatic carbocycles. The number of para-hydroxylation sites is 2. The molecular formula is C21H14N4O2. The molecule has 0 amide bonds. The Morgan fingerprint density at radius 2 is 1.63 bits per heavy atom. The van der Waals surface area contributed by atoms with Gasteiger partial charge in [-0.3, -0.25) is 10.1 Å². The van der Waals surface area contributed by atoms with Gasteiger partial charge in [0, 0.05) is 11.6 Å². The molecule has 3 aromatic carbocycles. The van der Waals surface area contributed by atoms with Crippen LogP contribution in [0.3, 0.4) is 0 Å². The number of nitrogens with zero attached hydrogens (tertiary/aromatic N) is 4. The molecular weight excluding hydrogens is 340 g/mol. The van der Waals surface area contributed by atoms with E-state index < -0.39 is 11.0 Å². The van der Waals surface area contributed by atoms with Gasteiger partial charge in [0.05, 0.1) is 16.0 Å². The highest BCUT2D eigenvalue weighted by Crippen LogP contribution is 2.29. The quantitative estimate of drug-likeness (QED) is 0.317. The van der Waals surface area contributed by atoms with E-state index in [0.29, 0.717) is 11.1 Å². The summed E-state index contributed by atoms with van der Waals surface area (Å²) >= 11 is 0. The monoisotopic (exact) mass is 354 g/mol. The van der Waals surface area contributed by atoms with Crippen LogP contribution >= 0.6 is 0 Å². The molecule has 1 atom stereocenters. The summed E-state index contributed by atoms with van der Waals surface area (Å²) in [4.78, 5) is 11.1. The first-order valence-corrected chi connectivity index (χ1v) is 8.34. The maximum Gasteiger partial charge on any atom is 0.275 e. The highest BCUT2D eigenvalue weighted by Gasteiger charge is 2.24. The second-order valence-electron chi connectivity index (χ2n) is 5.88. The topological polar surface area (TPSA) is 73.8 Å². The van der Waals surface area contributed by atoms with Crippen LogP contribution in [0.25, 0.3) is 11.0 Å². The van der Waals surface area contributed by atoms with E-state index in [0.717, 1.165) is 11.1 Å². The van der Waals surface area contributed by atoms with Crippen LogP contribution in [-0.4, -0.2) is 19.9 Å². The standard InChI is InChI=1S/C21H14N4O2/c26-25(27)20-12-6-4-10-17(20)19(15-14-16-8-2-1-3-9-16)24-21-13-7-5-11-18(21)22-23-24/h1-13,19H. The number of aromatic nitrogens is 3. The van der Waals surface area contributed by atoms with Gasteiger partial charge in [-0.1, -0.05) is 59.5 Å². The van der Waals surface area contributed by atoms with Crippen LogP contribution in [0.4, 0.5) is 5.69 Å². The second-order valence-corrected chi connectivity index (χ2v) is 5.88. The van der Waals surface area contributed by atoms with Gasteiger partial charge >= 0.3 is 0 Å². The van der Waals surface area contributed by atoms with Crippen LogP contribution in [0.2, 0.25) is 0 Å². The number of hydrogen-bond donors (Lipinski definition) is 0. The predicted octanol–water partition coefficient (Wildman–Crippen LogP) is 3.98. The molecule has 0 saturated carbocycles. The lowest BCUT2D eigenvalue weighted by atomic mass is 10.0. The third kappa shape index (κ3) is 3.26. The van der Waals surface area contributed by atoms with Gasteiger partial charge in [-0.15, -0.1) is 5.10 Å². The van der Waals surface area contributed by atoms with Crippen LogP contribution in [-0.2, 0) is 0 Å². The molecule has 1 heterocycles. The summed E-state index contributed by atoms with van der Waals surface area (Å²) in [6, 6.07) is 22.9. The Morgan fingerprint density at radius 1 is 0.926 bits per heavy atom.